The Morgan fingerprint density at radius 2 is 2.06 bits per heavy atom. The lowest BCUT2D eigenvalue weighted by Crippen LogP contribution is -2.57. The van der Waals surface area contributed by atoms with Gasteiger partial charge in [0.15, 0.2) is 0 Å². The Morgan fingerprint density at radius 1 is 1.35 bits per heavy atom. The standard InChI is InChI=1S/C13H16N2O2/c14-10-3-1-8(2-4-10)5-9-7-17-13(16)12-6-11(9)15-12/h1-4,9,11-12,15H,5-7,14H2. The van der Waals surface area contributed by atoms with Gasteiger partial charge in [-0.2, -0.15) is 0 Å². The summed E-state index contributed by atoms with van der Waals surface area (Å²) in [7, 11) is 0. The normalized spacial score (nSPS) is 31.3. The van der Waals surface area contributed by atoms with Gasteiger partial charge in [0.1, 0.15) is 6.04 Å². The molecule has 4 heteroatoms. The second-order valence-electron chi connectivity index (χ2n) is 4.90. The Morgan fingerprint density at radius 3 is 2.76 bits per heavy atom. The molecule has 3 heterocycles. The van der Waals surface area contributed by atoms with Crippen LogP contribution in [0.3, 0.4) is 0 Å². The maximum Gasteiger partial charge on any atom is 0.323 e. The van der Waals surface area contributed by atoms with Gasteiger partial charge in [-0.15, -0.1) is 0 Å². The van der Waals surface area contributed by atoms with Crippen molar-refractivity contribution in [1.29, 1.82) is 0 Å². The predicted molar refractivity (Wildman–Crippen MR) is 64.3 cm³/mol. The molecular weight excluding hydrogens is 216 g/mol. The average molecular weight is 232 g/mol. The highest BCUT2D eigenvalue weighted by Gasteiger charge is 2.42. The molecule has 3 atom stereocenters. The fraction of sp³-hybridized carbons (Fsp3) is 0.462. The van der Waals surface area contributed by atoms with Gasteiger partial charge in [0.2, 0.25) is 0 Å². The third-order valence-corrected chi connectivity index (χ3v) is 3.68. The van der Waals surface area contributed by atoms with Gasteiger partial charge in [0.25, 0.3) is 0 Å². The van der Waals surface area contributed by atoms with Crippen LogP contribution in [-0.2, 0) is 16.0 Å². The van der Waals surface area contributed by atoms with Crippen molar-refractivity contribution in [1.82, 2.24) is 5.32 Å². The molecule has 0 radical (unpaired) electrons. The molecule has 17 heavy (non-hydrogen) atoms. The van der Waals surface area contributed by atoms with E-state index < -0.39 is 0 Å². The van der Waals surface area contributed by atoms with Gasteiger partial charge in [-0.05, 0) is 30.5 Å². The number of benzene rings is 1. The zero-order valence-electron chi connectivity index (χ0n) is 9.56. The smallest absolute Gasteiger partial charge is 0.323 e. The van der Waals surface area contributed by atoms with E-state index >= 15 is 0 Å². The first-order valence-electron chi connectivity index (χ1n) is 5.99. The van der Waals surface area contributed by atoms with Gasteiger partial charge in [-0.25, -0.2) is 0 Å². The molecule has 4 rings (SSSR count). The minimum atomic E-state index is -0.0962. The molecule has 1 aromatic rings. The summed E-state index contributed by atoms with van der Waals surface area (Å²) in [6.07, 6.45) is 1.84. The van der Waals surface area contributed by atoms with E-state index in [2.05, 4.69) is 5.32 Å². The van der Waals surface area contributed by atoms with Crippen LogP contribution in [0, 0.1) is 5.92 Å². The van der Waals surface area contributed by atoms with Crippen LogP contribution in [0.1, 0.15) is 12.0 Å². The molecule has 2 bridgehead atoms. The van der Waals surface area contributed by atoms with Crippen molar-refractivity contribution in [2.75, 3.05) is 12.3 Å². The molecule has 0 aromatic heterocycles. The topological polar surface area (TPSA) is 64.3 Å². The molecule has 0 saturated carbocycles. The van der Waals surface area contributed by atoms with Crippen LogP contribution in [0.2, 0.25) is 0 Å². The number of hydrogen-bond acceptors (Lipinski definition) is 4. The summed E-state index contributed by atoms with van der Waals surface area (Å²) in [5.74, 6) is 0.280. The van der Waals surface area contributed by atoms with E-state index in [9.17, 15) is 4.79 Å². The van der Waals surface area contributed by atoms with E-state index in [1.807, 2.05) is 24.3 Å². The van der Waals surface area contributed by atoms with Crippen LogP contribution in [0.15, 0.2) is 24.3 Å². The van der Waals surface area contributed by atoms with E-state index in [1.54, 1.807) is 0 Å². The number of esters is 1. The molecule has 4 nitrogen and oxygen atoms in total. The molecule has 3 aliphatic heterocycles. The van der Waals surface area contributed by atoms with Crippen molar-refractivity contribution in [3.8, 4) is 0 Å². The lowest BCUT2D eigenvalue weighted by molar-refractivity contribution is -0.145. The third kappa shape index (κ3) is 2.00. The maximum absolute atomic E-state index is 11.4. The summed E-state index contributed by atoms with van der Waals surface area (Å²) in [4.78, 5) is 11.4. The van der Waals surface area contributed by atoms with Crippen LogP contribution in [0.25, 0.3) is 0 Å². The number of carbonyl (C=O) groups excluding carboxylic acids is 1. The Bertz CT molecular complexity index is 424. The third-order valence-electron chi connectivity index (χ3n) is 3.68. The zero-order valence-corrected chi connectivity index (χ0v) is 9.56. The van der Waals surface area contributed by atoms with Crippen LogP contribution >= 0.6 is 0 Å². The number of rotatable bonds is 2. The van der Waals surface area contributed by atoms with Crippen molar-refractivity contribution >= 4 is 11.7 Å². The Labute approximate surface area is 100 Å². The molecule has 0 spiro atoms. The van der Waals surface area contributed by atoms with Crippen molar-refractivity contribution in [3.05, 3.63) is 29.8 Å². The minimum absolute atomic E-state index is 0.0589. The minimum Gasteiger partial charge on any atom is -0.464 e. The molecule has 3 unspecified atom stereocenters. The van der Waals surface area contributed by atoms with Gasteiger partial charge in [-0.1, -0.05) is 12.1 Å². The molecule has 3 N–H and O–H groups in total. The molecule has 1 aromatic carbocycles. The Kier molecular flexibility index (Phi) is 2.52. The van der Waals surface area contributed by atoms with Crippen molar-refractivity contribution in [2.24, 2.45) is 5.92 Å². The molecule has 0 aliphatic carbocycles. The monoisotopic (exact) mass is 232 g/mol. The van der Waals surface area contributed by atoms with E-state index in [0.717, 1.165) is 18.5 Å². The first kappa shape index (κ1) is 10.6. The van der Waals surface area contributed by atoms with Crippen LogP contribution in [-0.4, -0.2) is 24.7 Å². The molecular formula is C13H16N2O2. The second kappa shape index (κ2) is 4.04. The SMILES string of the molecule is Nc1ccc(CC2COC(=O)C3CC2N3)cc1. The highest BCUT2D eigenvalue weighted by atomic mass is 16.5. The molecule has 0 amide bonds. The van der Waals surface area contributed by atoms with Crippen LogP contribution < -0.4 is 11.1 Å². The number of anilines is 1. The van der Waals surface area contributed by atoms with Gasteiger partial charge >= 0.3 is 5.97 Å². The van der Waals surface area contributed by atoms with E-state index in [-0.39, 0.29) is 12.0 Å². The zero-order chi connectivity index (χ0) is 11.8. The lowest BCUT2D eigenvalue weighted by Gasteiger charge is -2.35. The number of nitrogens with two attached hydrogens (primary N) is 1. The van der Waals surface area contributed by atoms with Gasteiger partial charge < -0.3 is 15.8 Å². The van der Waals surface area contributed by atoms with Crippen molar-refractivity contribution < 1.29 is 9.53 Å². The highest BCUT2D eigenvalue weighted by molar-refractivity contribution is 5.77. The van der Waals surface area contributed by atoms with E-state index in [0.29, 0.717) is 18.6 Å². The van der Waals surface area contributed by atoms with Crippen LogP contribution in [0.4, 0.5) is 5.69 Å². The van der Waals surface area contributed by atoms with E-state index in [4.69, 9.17) is 10.5 Å². The summed E-state index contributed by atoms with van der Waals surface area (Å²) < 4.78 is 5.24. The summed E-state index contributed by atoms with van der Waals surface area (Å²) in [5, 5.41) is 3.27. The number of ether oxygens (including phenoxy) is 1. The molecule has 3 fully saturated rings. The summed E-state index contributed by atoms with van der Waals surface area (Å²) in [6, 6.07) is 8.26. The lowest BCUT2D eigenvalue weighted by atomic mass is 9.84. The predicted octanol–water partition coefficient (Wildman–Crippen LogP) is 0.715. The summed E-state index contributed by atoms with van der Waals surface area (Å²) in [5.41, 5.74) is 7.68. The number of hydrogen-bond donors (Lipinski definition) is 2. The fourth-order valence-electron chi connectivity index (χ4n) is 2.54. The summed E-state index contributed by atoms with van der Waals surface area (Å²) in [6.45, 7) is 0.525. The molecule has 90 valence electrons. The van der Waals surface area contributed by atoms with Gasteiger partial charge in [-0.3, -0.25) is 4.79 Å². The molecule has 3 aliphatic rings. The first-order valence-corrected chi connectivity index (χ1v) is 5.99. The molecule has 3 saturated heterocycles. The van der Waals surface area contributed by atoms with Gasteiger partial charge in [0.05, 0.1) is 6.61 Å². The van der Waals surface area contributed by atoms with Crippen LogP contribution in [0.5, 0.6) is 0 Å². The van der Waals surface area contributed by atoms with Crippen molar-refractivity contribution in [3.63, 3.8) is 0 Å². The summed E-state index contributed by atoms with van der Waals surface area (Å²) >= 11 is 0. The number of nitrogen functional groups attached to an aromatic ring is 1. The number of fused-ring (bicyclic) bond motifs is 3. The maximum atomic E-state index is 11.4. The first-order chi connectivity index (χ1) is 8.22. The van der Waals surface area contributed by atoms with E-state index in [1.165, 1.54) is 5.56 Å². The average Bonchev–Trinajstić information content (AvgIpc) is 2.49. The second-order valence-corrected chi connectivity index (χ2v) is 4.90. The number of nitrogens with one attached hydrogen (secondary N) is 1. The fourth-order valence-corrected chi connectivity index (χ4v) is 2.54. The quantitative estimate of drug-likeness (QED) is 0.582. The number of carbonyl (C=O) groups is 1. The highest BCUT2D eigenvalue weighted by Crippen LogP contribution is 2.28. The van der Waals surface area contributed by atoms with Gasteiger partial charge in [0, 0.05) is 17.6 Å². The largest absolute Gasteiger partial charge is 0.464 e. The van der Waals surface area contributed by atoms with Crippen molar-refractivity contribution in [2.45, 2.75) is 24.9 Å². The Balaban J connectivity index is 1.69. The Hall–Kier alpha value is -1.55.